The molecule has 3 atom stereocenters. The number of carbonyl (C=O) groups excluding carboxylic acids is 1. The zero-order valence-electron chi connectivity index (χ0n) is 16.3. The Morgan fingerprint density at radius 1 is 1.44 bits per heavy atom. The van der Waals surface area contributed by atoms with Gasteiger partial charge in [-0.3, -0.25) is 4.79 Å². The summed E-state index contributed by atoms with van der Waals surface area (Å²) in [6, 6.07) is 6.07. The molecule has 1 aromatic rings. The summed E-state index contributed by atoms with van der Waals surface area (Å²) in [5, 5.41) is 3.26. The van der Waals surface area contributed by atoms with Gasteiger partial charge in [-0.15, -0.1) is 24.0 Å². The third kappa shape index (κ3) is 6.82. The lowest BCUT2D eigenvalue weighted by Gasteiger charge is -2.22. The lowest BCUT2D eigenvalue weighted by molar-refractivity contribution is -0.145. The highest BCUT2D eigenvalue weighted by Gasteiger charge is 2.36. The van der Waals surface area contributed by atoms with E-state index in [4.69, 9.17) is 9.47 Å². The van der Waals surface area contributed by atoms with Crippen LogP contribution < -0.4 is 10.1 Å². The predicted molar refractivity (Wildman–Crippen MR) is 114 cm³/mol. The number of nitrogens with zero attached hydrogens (tertiary/aromatic N) is 2. The minimum Gasteiger partial charge on any atom is -0.489 e. The molecule has 1 heterocycles. The van der Waals surface area contributed by atoms with Gasteiger partial charge in [-0.2, -0.15) is 0 Å². The van der Waals surface area contributed by atoms with Crippen LogP contribution >= 0.6 is 24.0 Å². The molecule has 27 heavy (non-hydrogen) atoms. The maximum atomic E-state index is 13.2. The summed E-state index contributed by atoms with van der Waals surface area (Å²) >= 11 is 0. The van der Waals surface area contributed by atoms with E-state index in [1.165, 1.54) is 19.2 Å². The fourth-order valence-electron chi connectivity index (χ4n) is 3.05. The first kappa shape index (κ1) is 23.5. The first-order chi connectivity index (χ1) is 12.4. The van der Waals surface area contributed by atoms with Gasteiger partial charge in [-0.05, 0) is 31.9 Å². The van der Waals surface area contributed by atoms with Gasteiger partial charge < -0.3 is 19.7 Å². The predicted octanol–water partition coefficient (Wildman–Crippen LogP) is 2.92. The molecule has 3 unspecified atom stereocenters. The van der Waals surface area contributed by atoms with Crippen molar-refractivity contribution in [2.45, 2.75) is 26.9 Å². The lowest BCUT2D eigenvalue weighted by atomic mass is 9.99. The number of hydrogen-bond acceptors (Lipinski definition) is 4. The highest BCUT2D eigenvalue weighted by molar-refractivity contribution is 14.0. The van der Waals surface area contributed by atoms with E-state index >= 15 is 0 Å². The molecule has 0 aliphatic carbocycles. The van der Waals surface area contributed by atoms with Crippen LogP contribution in [-0.2, 0) is 9.53 Å². The van der Waals surface area contributed by atoms with Crippen LogP contribution in [0.4, 0.5) is 4.39 Å². The number of aliphatic imine (C=N–C) groups is 1. The molecule has 1 N–H and O–H groups in total. The molecule has 152 valence electrons. The Kier molecular flexibility index (Phi) is 9.82. The average Bonchev–Trinajstić information content (AvgIpc) is 2.99. The molecule has 0 spiro atoms. The van der Waals surface area contributed by atoms with Gasteiger partial charge in [0.05, 0.1) is 19.6 Å². The van der Waals surface area contributed by atoms with Crippen LogP contribution in [0.25, 0.3) is 0 Å². The first-order valence-electron chi connectivity index (χ1n) is 8.97. The Labute approximate surface area is 177 Å². The number of likely N-dealkylation sites (tertiary alicyclic amines) is 1. The van der Waals surface area contributed by atoms with Gasteiger partial charge >= 0.3 is 5.97 Å². The molecular formula is C19H29FIN3O3. The number of halogens is 2. The largest absolute Gasteiger partial charge is 0.489 e. The van der Waals surface area contributed by atoms with Crippen molar-refractivity contribution in [3.63, 3.8) is 0 Å². The number of nitrogens with one attached hydrogen (secondary N) is 1. The molecule has 2 rings (SSSR count). The smallest absolute Gasteiger partial charge is 0.310 e. The van der Waals surface area contributed by atoms with Crippen LogP contribution in [0.15, 0.2) is 29.3 Å². The summed E-state index contributed by atoms with van der Waals surface area (Å²) < 4.78 is 23.8. The standard InChI is InChI=1S/C19H28FN3O3.HI/c1-5-21-19(23-11-13(2)17(12-23)18(24)25-4)22-10-14(3)26-16-8-6-7-15(20)9-16;/h6-9,13-14,17H,5,10-12H2,1-4H3,(H,21,22);1H. The fraction of sp³-hybridized carbons (Fsp3) is 0.579. The SMILES string of the molecule is CCNC(=NCC(C)Oc1cccc(F)c1)N1CC(C)C(C(=O)OC)C1.I. The van der Waals surface area contributed by atoms with Gasteiger partial charge in [0.1, 0.15) is 17.7 Å². The van der Waals surface area contributed by atoms with Crippen molar-refractivity contribution in [1.82, 2.24) is 10.2 Å². The van der Waals surface area contributed by atoms with E-state index in [0.29, 0.717) is 18.8 Å². The Morgan fingerprint density at radius 3 is 2.81 bits per heavy atom. The quantitative estimate of drug-likeness (QED) is 0.286. The topological polar surface area (TPSA) is 63.2 Å². The van der Waals surface area contributed by atoms with Crippen molar-refractivity contribution >= 4 is 35.9 Å². The van der Waals surface area contributed by atoms with Crippen LogP contribution in [-0.4, -0.2) is 56.2 Å². The molecule has 1 fully saturated rings. The molecule has 1 aliphatic rings. The van der Waals surface area contributed by atoms with E-state index in [1.807, 2.05) is 20.8 Å². The van der Waals surface area contributed by atoms with Crippen LogP contribution in [0.1, 0.15) is 20.8 Å². The number of methoxy groups -OCH3 is 1. The Hall–Kier alpha value is -1.58. The Morgan fingerprint density at radius 2 is 2.19 bits per heavy atom. The maximum absolute atomic E-state index is 13.2. The molecule has 0 saturated carbocycles. The highest BCUT2D eigenvalue weighted by Crippen LogP contribution is 2.24. The Balaban J connectivity index is 0.00000364. The van der Waals surface area contributed by atoms with Crippen LogP contribution in [0.5, 0.6) is 5.75 Å². The summed E-state index contributed by atoms with van der Waals surface area (Å²) in [6.07, 6.45) is -0.207. The molecule has 0 bridgehead atoms. The van der Waals surface area contributed by atoms with Gasteiger partial charge in [0.25, 0.3) is 0 Å². The minimum atomic E-state index is -0.327. The molecule has 1 aromatic carbocycles. The van der Waals surface area contributed by atoms with Gasteiger partial charge in [-0.25, -0.2) is 9.38 Å². The molecule has 0 amide bonds. The molecule has 8 heteroatoms. The monoisotopic (exact) mass is 493 g/mol. The van der Waals surface area contributed by atoms with E-state index in [2.05, 4.69) is 15.2 Å². The van der Waals surface area contributed by atoms with Crippen LogP contribution in [0, 0.1) is 17.7 Å². The molecule has 0 radical (unpaired) electrons. The number of hydrogen-bond donors (Lipinski definition) is 1. The van der Waals surface area contributed by atoms with Crippen molar-refractivity contribution in [2.75, 3.05) is 33.3 Å². The van der Waals surface area contributed by atoms with Crippen molar-refractivity contribution in [3.05, 3.63) is 30.1 Å². The lowest BCUT2D eigenvalue weighted by Crippen LogP contribution is -2.41. The molecule has 6 nitrogen and oxygen atoms in total. The number of guanidine groups is 1. The number of rotatable bonds is 6. The number of carbonyl (C=O) groups is 1. The fourth-order valence-corrected chi connectivity index (χ4v) is 3.05. The zero-order chi connectivity index (χ0) is 19.1. The van der Waals surface area contributed by atoms with Gasteiger partial charge in [0, 0.05) is 25.7 Å². The summed E-state index contributed by atoms with van der Waals surface area (Å²) in [7, 11) is 1.42. The number of ether oxygens (including phenoxy) is 2. The maximum Gasteiger partial charge on any atom is 0.310 e. The van der Waals surface area contributed by atoms with Gasteiger partial charge in [-0.1, -0.05) is 13.0 Å². The minimum absolute atomic E-state index is 0. The molecule has 0 aromatic heterocycles. The zero-order valence-corrected chi connectivity index (χ0v) is 18.6. The van der Waals surface area contributed by atoms with Crippen LogP contribution in [0.3, 0.4) is 0 Å². The van der Waals surface area contributed by atoms with E-state index < -0.39 is 0 Å². The second-order valence-corrected chi connectivity index (χ2v) is 6.59. The summed E-state index contributed by atoms with van der Waals surface area (Å²) in [5.74, 6) is 0.779. The van der Waals surface area contributed by atoms with Gasteiger partial charge in [0.2, 0.25) is 0 Å². The summed E-state index contributed by atoms with van der Waals surface area (Å²) in [5.41, 5.74) is 0. The second-order valence-electron chi connectivity index (χ2n) is 6.59. The molecular weight excluding hydrogens is 464 g/mol. The third-order valence-electron chi connectivity index (χ3n) is 4.38. The molecule has 1 aliphatic heterocycles. The van der Waals surface area contributed by atoms with Gasteiger partial charge in [0.15, 0.2) is 5.96 Å². The van der Waals surface area contributed by atoms with E-state index in [-0.39, 0.29) is 53.7 Å². The van der Waals surface area contributed by atoms with E-state index in [1.54, 1.807) is 12.1 Å². The molecule has 1 saturated heterocycles. The first-order valence-corrected chi connectivity index (χ1v) is 8.97. The number of benzene rings is 1. The van der Waals surface area contributed by atoms with Crippen molar-refractivity contribution in [1.29, 1.82) is 0 Å². The van der Waals surface area contributed by atoms with Crippen LogP contribution in [0.2, 0.25) is 0 Å². The normalized spacial score (nSPS) is 20.6. The van der Waals surface area contributed by atoms with E-state index in [9.17, 15) is 9.18 Å². The van der Waals surface area contributed by atoms with Crippen molar-refractivity contribution in [3.8, 4) is 5.75 Å². The average molecular weight is 493 g/mol. The van der Waals surface area contributed by atoms with Crippen molar-refractivity contribution < 1.29 is 18.7 Å². The summed E-state index contributed by atoms with van der Waals surface area (Å²) in [4.78, 5) is 18.6. The second kappa shape index (κ2) is 11.3. The van der Waals surface area contributed by atoms with E-state index in [0.717, 1.165) is 19.0 Å². The highest BCUT2D eigenvalue weighted by atomic mass is 127. The summed E-state index contributed by atoms with van der Waals surface area (Å²) in [6.45, 7) is 8.41. The Bertz CT molecular complexity index is 644. The van der Waals surface area contributed by atoms with Crippen molar-refractivity contribution in [2.24, 2.45) is 16.8 Å². The number of esters is 1. The third-order valence-corrected chi connectivity index (χ3v) is 4.38.